The van der Waals surface area contributed by atoms with E-state index in [2.05, 4.69) is 4.74 Å². The first kappa shape index (κ1) is 12.8. The SMILES string of the molecule is OC(C1=CCCCO1)c1cccc(OC(F)F)c1. The van der Waals surface area contributed by atoms with Gasteiger partial charge in [0.2, 0.25) is 0 Å². The Balaban J connectivity index is 2.14. The molecule has 1 heterocycles. The highest BCUT2D eigenvalue weighted by Gasteiger charge is 2.18. The van der Waals surface area contributed by atoms with Gasteiger partial charge in [-0.1, -0.05) is 12.1 Å². The molecule has 5 heteroatoms. The smallest absolute Gasteiger partial charge is 0.387 e. The molecule has 1 aliphatic heterocycles. The largest absolute Gasteiger partial charge is 0.495 e. The average Bonchev–Trinajstić information content (AvgIpc) is 2.38. The van der Waals surface area contributed by atoms with Crippen molar-refractivity contribution in [1.82, 2.24) is 0 Å². The number of alkyl halides is 2. The highest BCUT2D eigenvalue weighted by atomic mass is 19.3. The monoisotopic (exact) mass is 256 g/mol. The molecule has 1 aromatic carbocycles. The Labute approximate surface area is 104 Å². The van der Waals surface area contributed by atoms with Gasteiger partial charge in [0, 0.05) is 0 Å². The van der Waals surface area contributed by atoms with Crippen molar-refractivity contribution in [3.05, 3.63) is 41.7 Å². The zero-order chi connectivity index (χ0) is 13.0. The third-order valence-electron chi connectivity index (χ3n) is 2.63. The third kappa shape index (κ3) is 3.20. The maximum absolute atomic E-state index is 12.1. The molecule has 0 aliphatic carbocycles. The summed E-state index contributed by atoms with van der Waals surface area (Å²) in [4.78, 5) is 0. The van der Waals surface area contributed by atoms with Gasteiger partial charge in [-0.25, -0.2) is 0 Å². The lowest BCUT2D eigenvalue weighted by atomic mass is 10.1. The van der Waals surface area contributed by atoms with Gasteiger partial charge in [0.05, 0.1) is 6.61 Å². The first-order valence-corrected chi connectivity index (χ1v) is 5.72. The zero-order valence-electron chi connectivity index (χ0n) is 9.68. The number of aliphatic hydroxyl groups excluding tert-OH is 1. The van der Waals surface area contributed by atoms with E-state index in [-0.39, 0.29) is 5.75 Å². The zero-order valence-corrected chi connectivity index (χ0v) is 9.68. The Morgan fingerprint density at radius 2 is 2.17 bits per heavy atom. The molecule has 3 nitrogen and oxygen atoms in total. The second-order valence-corrected chi connectivity index (χ2v) is 3.95. The standard InChI is InChI=1S/C13H14F2O3/c14-13(15)18-10-5-3-4-9(8-10)12(16)11-6-1-2-7-17-11/h3-6,8,12-13,16H,1-2,7H2. The second-order valence-electron chi connectivity index (χ2n) is 3.95. The molecule has 0 aromatic heterocycles. The Hall–Kier alpha value is -1.62. The van der Waals surface area contributed by atoms with Gasteiger partial charge in [0.1, 0.15) is 17.6 Å². The number of hydrogen-bond acceptors (Lipinski definition) is 3. The summed E-state index contributed by atoms with van der Waals surface area (Å²) in [5.41, 5.74) is 0.473. The summed E-state index contributed by atoms with van der Waals surface area (Å²) >= 11 is 0. The first-order chi connectivity index (χ1) is 8.66. The first-order valence-electron chi connectivity index (χ1n) is 5.72. The van der Waals surface area contributed by atoms with Crippen molar-refractivity contribution >= 4 is 0 Å². The maximum Gasteiger partial charge on any atom is 0.387 e. The Bertz CT molecular complexity index is 432. The number of halogens is 2. The Morgan fingerprint density at radius 3 is 2.83 bits per heavy atom. The Morgan fingerprint density at radius 1 is 1.33 bits per heavy atom. The van der Waals surface area contributed by atoms with Crippen molar-refractivity contribution in [2.75, 3.05) is 6.61 Å². The highest BCUT2D eigenvalue weighted by molar-refractivity contribution is 5.32. The summed E-state index contributed by atoms with van der Waals surface area (Å²) in [7, 11) is 0. The number of rotatable bonds is 4. The van der Waals surface area contributed by atoms with Crippen LogP contribution in [-0.2, 0) is 4.74 Å². The highest BCUT2D eigenvalue weighted by Crippen LogP contribution is 2.28. The summed E-state index contributed by atoms with van der Waals surface area (Å²) in [6, 6.07) is 6.00. The van der Waals surface area contributed by atoms with E-state index in [4.69, 9.17) is 4.74 Å². The fourth-order valence-corrected chi connectivity index (χ4v) is 1.79. The minimum atomic E-state index is -2.87. The number of ether oxygens (including phenoxy) is 2. The van der Waals surface area contributed by atoms with Gasteiger partial charge < -0.3 is 14.6 Å². The van der Waals surface area contributed by atoms with Crippen molar-refractivity contribution < 1.29 is 23.4 Å². The molecule has 0 fully saturated rings. The molecule has 0 bridgehead atoms. The molecule has 1 unspecified atom stereocenters. The van der Waals surface area contributed by atoms with Crippen molar-refractivity contribution in [1.29, 1.82) is 0 Å². The fraction of sp³-hybridized carbons (Fsp3) is 0.385. The molecule has 0 saturated heterocycles. The summed E-state index contributed by atoms with van der Waals surface area (Å²) in [6.07, 6.45) is 2.64. The van der Waals surface area contributed by atoms with E-state index in [9.17, 15) is 13.9 Å². The van der Waals surface area contributed by atoms with Gasteiger partial charge in [-0.3, -0.25) is 0 Å². The summed E-state index contributed by atoms with van der Waals surface area (Å²) in [6.45, 7) is -2.31. The van der Waals surface area contributed by atoms with Gasteiger partial charge in [0.25, 0.3) is 0 Å². The lowest BCUT2D eigenvalue weighted by molar-refractivity contribution is -0.0499. The number of hydrogen-bond donors (Lipinski definition) is 1. The van der Waals surface area contributed by atoms with Gasteiger partial charge >= 0.3 is 6.61 Å². The van der Waals surface area contributed by atoms with E-state index >= 15 is 0 Å². The van der Waals surface area contributed by atoms with Crippen LogP contribution >= 0.6 is 0 Å². The minimum Gasteiger partial charge on any atom is -0.495 e. The van der Waals surface area contributed by atoms with Crippen LogP contribution in [-0.4, -0.2) is 18.3 Å². The molecule has 0 amide bonds. The molecule has 1 aliphatic rings. The third-order valence-corrected chi connectivity index (χ3v) is 2.63. The van der Waals surface area contributed by atoms with Gasteiger partial charge in [-0.15, -0.1) is 0 Å². The lowest BCUT2D eigenvalue weighted by Gasteiger charge is -2.20. The molecule has 0 saturated carbocycles. The van der Waals surface area contributed by atoms with E-state index in [0.717, 1.165) is 12.8 Å². The molecular formula is C13H14F2O3. The number of allylic oxidation sites excluding steroid dienone is 1. The molecule has 0 radical (unpaired) electrons. The predicted molar refractivity (Wildman–Crippen MR) is 61.3 cm³/mol. The molecule has 18 heavy (non-hydrogen) atoms. The van der Waals surface area contributed by atoms with Crippen LogP contribution in [0.5, 0.6) is 5.75 Å². The van der Waals surface area contributed by atoms with Crippen molar-refractivity contribution in [2.45, 2.75) is 25.6 Å². The predicted octanol–water partition coefficient (Wildman–Crippen LogP) is 3.02. The lowest BCUT2D eigenvalue weighted by Crippen LogP contribution is -2.10. The van der Waals surface area contributed by atoms with Crippen LogP contribution in [0.4, 0.5) is 8.78 Å². The van der Waals surface area contributed by atoms with E-state index in [1.54, 1.807) is 12.1 Å². The van der Waals surface area contributed by atoms with Crippen molar-refractivity contribution in [2.24, 2.45) is 0 Å². The topological polar surface area (TPSA) is 38.7 Å². The molecular weight excluding hydrogens is 242 g/mol. The van der Waals surface area contributed by atoms with E-state index in [0.29, 0.717) is 17.9 Å². The van der Waals surface area contributed by atoms with Crippen LogP contribution in [0.1, 0.15) is 24.5 Å². The number of benzene rings is 1. The molecule has 1 aromatic rings. The summed E-state index contributed by atoms with van der Waals surface area (Å²) in [5, 5.41) is 10.1. The molecule has 1 atom stereocenters. The van der Waals surface area contributed by atoms with E-state index in [1.807, 2.05) is 6.08 Å². The average molecular weight is 256 g/mol. The molecule has 0 spiro atoms. The van der Waals surface area contributed by atoms with E-state index in [1.165, 1.54) is 12.1 Å². The molecule has 2 rings (SSSR count). The van der Waals surface area contributed by atoms with E-state index < -0.39 is 12.7 Å². The van der Waals surface area contributed by atoms with Crippen molar-refractivity contribution in [3.8, 4) is 5.75 Å². The Kier molecular flexibility index (Phi) is 4.15. The molecule has 1 N–H and O–H groups in total. The normalized spacial score (nSPS) is 17.0. The van der Waals surface area contributed by atoms with Gasteiger partial charge in [-0.05, 0) is 36.6 Å². The maximum atomic E-state index is 12.1. The van der Waals surface area contributed by atoms with Crippen LogP contribution in [0.2, 0.25) is 0 Å². The van der Waals surface area contributed by atoms with Crippen LogP contribution in [0, 0.1) is 0 Å². The van der Waals surface area contributed by atoms with Gasteiger partial charge in [0.15, 0.2) is 0 Å². The molecule has 98 valence electrons. The van der Waals surface area contributed by atoms with Crippen LogP contribution in [0.15, 0.2) is 36.1 Å². The van der Waals surface area contributed by atoms with Crippen LogP contribution in [0.25, 0.3) is 0 Å². The summed E-state index contributed by atoms with van der Waals surface area (Å²) < 4.78 is 33.8. The van der Waals surface area contributed by atoms with Crippen LogP contribution < -0.4 is 4.74 Å². The van der Waals surface area contributed by atoms with Gasteiger partial charge in [-0.2, -0.15) is 8.78 Å². The fourth-order valence-electron chi connectivity index (χ4n) is 1.79. The van der Waals surface area contributed by atoms with Crippen LogP contribution in [0.3, 0.4) is 0 Å². The number of aliphatic hydroxyl groups is 1. The summed E-state index contributed by atoms with van der Waals surface area (Å²) in [5.74, 6) is 0.494. The second kappa shape index (κ2) is 5.82. The quantitative estimate of drug-likeness (QED) is 0.900. The van der Waals surface area contributed by atoms with Crippen molar-refractivity contribution in [3.63, 3.8) is 0 Å². The minimum absolute atomic E-state index is 0.0259.